The summed E-state index contributed by atoms with van der Waals surface area (Å²) in [6.45, 7) is 1.23. The van der Waals surface area contributed by atoms with E-state index in [1.165, 1.54) is 0 Å². The molecular formula is C8H18N2O3. The van der Waals surface area contributed by atoms with Gasteiger partial charge in [-0.3, -0.25) is 4.79 Å². The van der Waals surface area contributed by atoms with Gasteiger partial charge in [-0.25, -0.2) is 5.90 Å². The summed E-state index contributed by atoms with van der Waals surface area (Å²) in [6.07, 6.45) is 2.63. The molecule has 0 heterocycles. The fourth-order valence-electron chi connectivity index (χ4n) is 0.866. The molecule has 0 aromatic heterocycles. The average Bonchev–Trinajstić information content (AvgIpc) is 2.14. The second-order valence-corrected chi connectivity index (χ2v) is 2.76. The second-order valence-electron chi connectivity index (χ2n) is 2.76. The fraction of sp³-hybridized carbons (Fsp3) is 0.875. The lowest BCUT2D eigenvalue weighted by molar-refractivity contribution is -0.121. The van der Waals surface area contributed by atoms with Gasteiger partial charge in [0.1, 0.15) is 0 Å². The van der Waals surface area contributed by atoms with Crippen LogP contribution < -0.4 is 11.2 Å². The summed E-state index contributed by atoms with van der Waals surface area (Å²) in [5.74, 6) is 4.81. The van der Waals surface area contributed by atoms with Crippen molar-refractivity contribution >= 4 is 5.91 Å². The zero-order chi connectivity index (χ0) is 9.94. The van der Waals surface area contributed by atoms with E-state index in [4.69, 9.17) is 11.0 Å². The first-order valence-electron chi connectivity index (χ1n) is 4.50. The monoisotopic (exact) mass is 190 g/mol. The highest BCUT2D eigenvalue weighted by atomic mass is 16.6. The van der Waals surface area contributed by atoms with Gasteiger partial charge < -0.3 is 15.3 Å². The first kappa shape index (κ1) is 12.3. The van der Waals surface area contributed by atoms with E-state index in [2.05, 4.69) is 10.2 Å². The van der Waals surface area contributed by atoms with Crippen molar-refractivity contribution in [3.63, 3.8) is 0 Å². The molecule has 0 unspecified atom stereocenters. The molecule has 0 saturated carbocycles. The number of unbranched alkanes of at least 4 members (excludes halogenated alkanes) is 1. The molecule has 0 aromatic rings. The summed E-state index contributed by atoms with van der Waals surface area (Å²) in [7, 11) is 0. The van der Waals surface area contributed by atoms with E-state index < -0.39 is 0 Å². The maximum absolute atomic E-state index is 11.0. The molecular weight excluding hydrogens is 172 g/mol. The average molecular weight is 190 g/mol. The van der Waals surface area contributed by atoms with Gasteiger partial charge in [0.15, 0.2) is 0 Å². The summed E-state index contributed by atoms with van der Waals surface area (Å²) in [5.41, 5.74) is 0. The SMILES string of the molecule is NOCCCCNC(=O)CCCO. The number of carbonyl (C=O) groups is 1. The number of aliphatic hydroxyl groups excluding tert-OH is 1. The molecule has 0 aliphatic rings. The summed E-state index contributed by atoms with van der Waals surface area (Å²) < 4.78 is 0. The van der Waals surface area contributed by atoms with Gasteiger partial charge in [0.05, 0.1) is 6.61 Å². The highest BCUT2D eigenvalue weighted by Crippen LogP contribution is 1.89. The minimum absolute atomic E-state index is 0.0114. The highest BCUT2D eigenvalue weighted by Gasteiger charge is 1.98. The zero-order valence-electron chi connectivity index (χ0n) is 7.79. The van der Waals surface area contributed by atoms with Gasteiger partial charge in [0.25, 0.3) is 0 Å². The minimum Gasteiger partial charge on any atom is -0.396 e. The van der Waals surface area contributed by atoms with Crippen molar-refractivity contribution in [1.82, 2.24) is 5.32 Å². The Morgan fingerprint density at radius 1 is 1.38 bits per heavy atom. The molecule has 0 bridgehead atoms. The number of amides is 1. The number of nitrogens with two attached hydrogens (primary N) is 1. The molecule has 1 amide bonds. The van der Waals surface area contributed by atoms with Crippen LogP contribution in [0, 0.1) is 0 Å². The molecule has 0 spiro atoms. The molecule has 5 heteroatoms. The Morgan fingerprint density at radius 3 is 2.77 bits per heavy atom. The Balaban J connectivity index is 3.08. The van der Waals surface area contributed by atoms with E-state index in [9.17, 15) is 4.79 Å². The predicted molar refractivity (Wildman–Crippen MR) is 48.7 cm³/mol. The number of carbonyl (C=O) groups excluding carboxylic acids is 1. The van der Waals surface area contributed by atoms with Gasteiger partial charge in [-0.05, 0) is 19.3 Å². The van der Waals surface area contributed by atoms with E-state index in [1.54, 1.807) is 0 Å². The predicted octanol–water partition coefficient (Wildman–Crippen LogP) is -0.454. The van der Waals surface area contributed by atoms with Crippen molar-refractivity contribution in [1.29, 1.82) is 0 Å². The summed E-state index contributed by atoms with van der Waals surface area (Å²) in [4.78, 5) is 15.3. The second kappa shape index (κ2) is 9.44. The molecule has 78 valence electrons. The van der Waals surface area contributed by atoms with Crippen molar-refractivity contribution in [2.24, 2.45) is 5.90 Å². The van der Waals surface area contributed by atoms with Gasteiger partial charge in [-0.2, -0.15) is 0 Å². The molecule has 0 aliphatic heterocycles. The van der Waals surface area contributed by atoms with E-state index >= 15 is 0 Å². The molecule has 5 nitrogen and oxygen atoms in total. The van der Waals surface area contributed by atoms with Crippen LogP contribution in [0.2, 0.25) is 0 Å². The molecule has 0 rings (SSSR count). The van der Waals surface area contributed by atoms with E-state index in [0.29, 0.717) is 26.0 Å². The van der Waals surface area contributed by atoms with Crippen LogP contribution in [-0.2, 0) is 9.63 Å². The Bertz CT molecular complexity index is 131. The van der Waals surface area contributed by atoms with Crippen LogP contribution in [0.25, 0.3) is 0 Å². The third-order valence-corrected chi connectivity index (χ3v) is 1.57. The Kier molecular flexibility index (Phi) is 8.97. The summed E-state index contributed by atoms with van der Waals surface area (Å²) in [5, 5.41) is 11.2. The van der Waals surface area contributed by atoms with E-state index in [0.717, 1.165) is 12.8 Å². The van der Waals surface area contributed by atoms with Crippen LogP contribution >= 0.6 is 0 Å². The lowest BCUT2D eigenvalue weighted by atomic mass is 10.3. The molecule has 0 saturated heterocycles. The third-order valence-electron chi connectivity index (χ3n) is 1.57. The van der Waals surface area contributed by atoms with Gasteiger partial charge in [-0.15, -0.1) is 0 Å². The maximum Gasteiger partial charge on any atom is 0.220 e. The highest BCUT2D eigenvalue weighted by molar-refractivity contribution is 5.75. The smallest absolute Gasteiger partial charge is 0.220 e. The molecule has 4 N–H and O–H groups in total. The molecule has 0 fully saturated rings. The molecule has 0 atom stereocenters. The number of hydrogen-bond acceptors (Lipinski definition) is 4. The normalized spacial score (nSPS) is 10.0. The standard InChI is InChI=1S/C8H18N2O3/c9-13-7-2-1-5-10-8(12)4-3-6-11/h11H,1-7,9H2,(H,10,12). The van der Waals surface area contributed by atoms with E-state index in [-0.39, 0.29) is 12.5 Å². The number of rotatable bonds is 8. The minimum atomic E-state index is -0.0114. The first-order valence-corrected chi connectivity index (χ1v) is 4.50. The summed E-state index contributed by atoms with van der Waals surface area (Å²) in [6, 6.07) is 0. The molecule has 0 radical (unpaired) electrons. The van der Waals surface area contributed by atoms with Gasteiger partial charge in [0, 0.05) is 19.6 Å². The van der Waals surface area contributed by atoms with Crippen LogP contribution in [0.5, 0.6) is 0 Å². The number of nitrogens with one attached hydrogen (secondary N) is 1. The van der Waals surface area contributed by atoms with Crippen molar-refractivity contribution in [3.8, 4) is 0 Å². The van der Waals surface area contributed by atoms with Crippen molar-refractivity contribution in [2.75, 3.05) is 19.8 Å². The fourth-order valence-corrected chi connectivity index (χ4v) is 0.866. The maximum atomic E-state index is 11.0. The Morgan fingerprint density at radius 2 is 2.15 bits per heavy atom. The van der Waals surface area contributed by atoms with Gasteiger partial charge >= 0.3 is 0 Å². The van der Waals surface area contributed by atoms with Crippen LogP contribution in [-0.4, -0.2) is 30.8 Å². The van der Waals surface area contributed by atoms with E-state index in [1.807, 2.05) is 0 Å². The van der Waals surface area contributed by atoms with Gasteiger partial charge in [-0.1, -0.05) is 0 Å². The summed E-state index contributed by atoms with van der Waals surface area (Å²) >= 11 is 0. The molecule has 13 heavy (non-hydrogen) atoms. The van der Waals surface area contributed by atoms with Crippen LogP contribution in [0.1, 0.15) is 25.7 Å². The third kappa shape index (κ3) is 9.26. The van der Waals surface area contributed by atoms with Gasteiger partial charge in [0.2, 0.25) is 5.91 Å². The van der Waals surface area contributed by atoms with Crippen LogP contribution in [0.4, 0.5) is 0 Å². The topological polar surface area (TPSA) is 84.6 Å². The largest absolute Gasteiger partial charge is 0.396 e. The lowest BCUT2D eigenvalue weighted by Crippen LogP contribution is -2.24. The number of aliphatic hydroxyl groups is 1. The van der Waals surface area contributed by atoms with Crippen molar-refractivity contribution in [2.45, 2.75) is 25.7 Å². The quantitative estimate of drug-likeness (QED) is 0.357. The first-order chi connectivity index (χ1) is 6.31. The van der Waals surface area contributed by atoms with Crippen molar-refractivity contribution < 1.29 is 14.7 Å². The Labute approximate surface area is 78.2 Å². The molecule has 0 aromatic carbocycles. The zero-order valence-corrected chi connectivity index (χ0v) is 7.79. The van der Waals surface area contributed by atoms with Crippen LogP contribution in [0.3, 0.4) is 0 Å². The number of hydrogen-bond donors (Lipinski definition) is 3. The lowest BCUT2D eigenvalue weighted by Gasteiger charge is -2.03. The Hall–Kier alpha value is -0.650. The molecule has 0 aliphatic carbocycles. The van der Waals surface area contributed by atoms with Crippen LogP contribution in [0.15, 0.2) is 0 Å². The van der Waals surface area contributed by atoms with Crippen molar-refractivity contribution in [3.05, 3.63) is 0 Å².